The second kappa shape index (κ2) is 2.78. The van der Waals surface area contributed by atoms with Crippen LogP contribution in [0.25, 0.3) is 0 Å². The Morgan fingerprint density at radius 3 is 2.27 bits per heavy atom. The average molecular weight is 156 g/mol. The van der Waals surface area contributed by atoms with E-state index in [-0.39, 0.29) is 0 Å². The summed E-state index contributed by atoms with van der Waals surface area (Å²) in [6.07, 6.45) is 6.23. The second-order valence-corrected chi connectivity index (χ2v) is 4.98. The fourth-order valence-corrected chi connectivity index (χ4v) is 1.41. The van der Waals surface area contributed by atoms with Crippen LogP contribution in [0.1, 0.15) is 52.9 Å². The molecule has 0 aromatic carbocycles. The highest BCUT2D eigenvalue weighted by Crippen LogP contribution is 2.49. The third kappa shape index (κ3) is 3.76. The molecule has 0 aliphatic heterocycles. The van der Waals surface area contributed by atoms with Gasteiger partial charge in [0.15, 0.2) is 0 Å². The zero-order chi connectivity index (χ0) is 8.54. The summed E-state index contributed by atoms with van der Waals surface area (Å²) >= 11 is 0. The molecule has 1 aliphatic carbocycles. The predicted octanol–water partition coefficient (Wildman–Crippen LogP) is 2.73. The molecular formula is C10H20O. The zero-order valence-electron chi connectivity index (χ0n) is 7.98. The van der Waals surface area contributed by atoms with Crippen molar-refractivity contribution in [2.75, 3.05) is 0 Å². The molecule has 0 spiro atoms. The van der Waals surface area contributed by atoms with Crippen LogP contribution in [0.5, 0.6) is 0 Å². The van der Waals surface area contributed by atoms with Gasteiger partial charge in [-0.25, -0.2) is 0 Å². The smallest absolute Gasteiger partial charge is 0.0591 e. The Morgan fingerprint density at radius 1 is 1.36 bits per heavy atom. The van der Waals surface area contributed by atoms with Gasteiger partial charge in [0.2, 0.25) is 0 Å². The van der Waals surface area contributed by atoms with Gasteiger partial charge in [0.05, 0.1) is 5.60 Å². The van der Waals surface area contributed by atoms with E-state index in [1.165, 1.54) is 25.7 Å². The van der Waals surface area contributed by atoms with Crippen molar-refractivity contribution in [1.29, 1.82) is 0 Å². The summed E-state index contributed by atoms with van der Waals surface area (Å²) in [5.74, 6) is 0. The highest BCUT2D eigenvalue weighted by Gasteiger charge is 2.36. The minimum Gasteiger partial charge on any atom is -0.390 e. The molecule has 0 atom stereocenters. The molecule has 0 amide bonds. The van der Waals surface area contributed by atoms with E-state index in [0.29, 0.717) is 5.41 Å². The maximum Gasteiger partial charge on any atom is 0.0591 e. The monoisotopic (exact) mass is 156 g/mol. The molecule has 1 aliphatic rings. The van der Waals surface area contributed by atoms with Gasteiger partial charge in [-0.05, 0) is 44.9 Å². The largest absolute Gasteiger partial charge is 0.390 e. The van der Waals surface area contributed by atoms with E-state index in [1.807, 2.05) is 13.8 Å². The summed E-state index contributed by atoms with van der Waals surface area (Å²) in [5, 5.41) is 9.43. The fourth-order valence-electron chi connectivity index (χ4n) is 1.41. The minimum absolute atomic E-state index is 0.453. The summed E-state index contributed by atoms with van der Waals surface area (Å²) < 4.78 is 0. The average Bonchev–Trinajstić information content (AvgIpc) is 2.44. The number of rotatable bonds is 4. The number of hydrogen-bond acceptors (Lipinski definition) is 1. The summed E-state index contributed by atoms with van der Waals surface area (Å²) in [5.41, 5.74) is 0.205. The molecule has 66 valence electrons. The van der Waals surface area contributed by atoms with Gasteiger partial charge in [0, 0.05) is 0 Å². The van der Waals surface area contributed by atoms with Gasteiger partial charge in [0.1, 0.15) is 0 Å². The lowest BCUT2D eigenvalue weighted by molar-refractivity contribution is 0.0667. The quantitative estimate of drug-likeness (QED) is 0.663. The molecule has 11 heavy (non-hydrogen) atoms. The molecule has 0 radical (unpaired) electrons. The summed E-state index contributed by atoms with van der Waals surface area (Å²) in [4.78, 5) is 0. The molecule has 0 aromatic heterocycles. The number of aliphatic hydroxyl groups is 1. The molecule has 0 bridgehead atoms. The van der Waals surface area contributed by atoms with Crippen LogP contribution in [0.15, 0.2) is 0 Å². The molecule has 0 unspecified atom stereocenters. The highest BCUT2D eigenvalue weighted by molar-refractivity contribution is 4.88. The van der Waals surface area contributed by atoms with Crippen LogP contribution in [0, 0.1) is 5.41 Å². The van der Waals surface area contributed by atoms with Gasteiger partial charge >= 0.3 is 0 Å². The molecule has 1 saturated carbocycles. The first-order chi connectivity index (χ1) is 4.91. The topological polar surface area (TPSA) is 20.2 Å². The van der Waals surface area contributed by atoms with Gasteiger partial charge < -0.3 is 5.11 Å². The Kier molecular flexibility index (Phi) is 2.29. The summed E-state index contributed by atoms with van der Waals surface area (Å²) in [6, 6.07) is 0. The van der Waals surface area contributed by atoms with Gasteiger partial charge in [-0.3, -0.25) is 0 Å². The van der Waals surface area contributed by atoms with Crippen LogP contribution in [-0.2, 0) is 0 Å². The van der Waals surface area contributed by atoms with Crippen LogP contribution >= 0.6 is 0 Å². The first-order valence-corrected chi connectivity index (χ1v) is 4.64. The molecule has 1 heteroatoms. The van der Waals surface area contributed by atoms with Crippen LogP contribution in [0.2, 0.25) is 0 Å². The molecular weight excluding hydrogens is 136 g/mol. The lowest BCUT2D eigenvalue weighted by Crippen LogP contribution is -2.18. The first-order valence-electron chi connectivity index (χ1n) is 4.64. The Morgan fingerprint density at radius 2 is 1.91 bits per heavy atom. The minimum atomic E-state index is -0.453. The van der Waals surface area contributed by atoms with Crippen LogP contribution in [-0.4, -0.2) is 10.7 Å². The summed E-state index contributed by atoms with van der Waals surface area (Å²) in [6.45, 7) is 6.13. The van der Waals surface area contributed by atoms with E-state index in [1.54, 1.807) is 0 Å². The Labute approximate surface area is 69.8 Å². The standard InChI is InChI=1S/C10H20O/c1-9(2,11)5-4-6-10(3)7-8-10/h11H,4-8H2,1-3H3. The van der Waals surface area contributed by atoms with Crippen molar-refractivity contribution >= 4 is 0 Å². The molecule has 0 aromatic rings. The van der Waals surface area contributed by atoms with Crippen molar-refractivity contribution in [2.24, 2.45) is 5.41 Å². The molecule has 0 heterocycles. The van der Waals surface area contributed by atoms with Crippen LogP contribution < -0.4 is 0 Å². The normalized spacial score (nSPS) is 21.8. The van der Waals surface area contributed by atoms with E-state index < -0.39 is 5.60 Å². The van der Waals surface area contributed by atoms with E-state index >= 15 is 0 Å². The third-order valence-corrected chi connectivity index (χ3v) is 2.67. The van der Waals surface area contributed by atoms with Crippen molar-refractivity contribution in [1.82, 2.24) is 0 Å². The highest BCUT2D eigenvalue weighted by atomic mass is 16.3. The van der Waals surface area contributed by atoms with Crippen molar-refractivity contribution in [3.63, 3.8) is 0 Å². The van der Waals surface area contributed by atoms with Crippen molar-refractivity contribution < 1.29 is 5.11 Å². The van der Waals surface area contributed by atoms with E-state index in [0.717, 1.165) is 6.42 Å². The Hall–Kier alpha value is -0.0400. The van der Waals surface area contributed by atoms with E-state index in [4.69, 9.17) is 0 Å². The van der Waals surface area contributed by atoms with Crippen molar-refractivity contribution in [3.05, 3.63) is 0 Å². The molecule has 1 fully saturated rings. The Bertz CT molecular complexity index is 123. The van der Waals surface area contributed by atoms with Crippen LogP contribution in [0.3, 0.4) is 0 Å². The van der Waals surface area contributed by atoms with Crippen LogP contribution in [0.4, 0.5) is 0 Å². The lowest BCUT2D eigenvalue weighted by atomic mass is 9.95. The molecule has 0 saturated heterocycles. The SMILES string of the molecule is CC(C)(O)CCCC1(C)CC1. The van der Waals surface area contributed by atoms with Gasteiger partial charge in [-0.15, -0.1) is 0 Å². The molecule has 1 rings (SSSR count). The fraction of sp³-hybridized carbons (Fsp3) is 1.00. The van der Waals surface area contributed by atoms with E-state index in [2.05, 4.69) is 6.92 Å². The summed E-state index contributed by atoms with van der Waals surface area (Å²) in [7, 11) is 0. The van der Waals surface area contributed by atoms with Gasteiger partial charge in [0.25, 0.3) is 0 Å². The zero-order valence-corrected chi connectivity index (χ0v) is 7.98. The maximum atomic E-state index is 9.43. The van der Waals surface area contributed by atoms with Gasteiger partial charge in [-0.1, -0.05) is 13.3 Å². The molecule has 1 N–H and O–H groups in total. The molecule has 1 nitrogen and oxygen atoms in total. The Balaban J connectivity index is 2.05. The van der Waals surface area contributed by atoms with Crippen molar-refractivity contribution in [2.45, 2.75) is 58.5 Å². The third-order valence-electron chi connectivity index (χ3n) is 2.67. The predicted molar refractivity (Wildman–Crippen MR) is 47.5 cm³/mol. The lowest BCUT2D eigenvalue weighted by Gasteiger charge is -2.17. The van der Waals surface area contributed by atoms with Gasteiger partial charge in [-0.2, -0.15) is 0 Å². The maximum absolute atomic E-state index is 9.43. The van der Waals surface area contributed by atoms with E-state index in [9.17, 15) is 5.11 Å². The van der Waals surface area contributed by atoms with Crippen molar-refractivity contribution in [3.8, 4) is 0 Å². The first kappa shape index (κ1) is 9.05. The second-order valence-electron chi connectivity index (χ2n) is 4.98. The number of hydrogen-bond donors (Lipinski definition) is 1.